The van der Waals surface area contributed by atoms with Crippen LogP contribution >= 0.6 is 35.6 Å². The van der Waals surface area contributed by atoms with Crippen LogP contribution in [0.1, 0.15) is 17.9 Å². The molecule has 0 spiro atoms. The highest BCUT2D eigenvalue weighted by Crippen LogP contribution is 2.47. The highest BCUT2D eigenvalue weighted by atomic mass is 127. The molecule has 1 fully saturated rings. The monoisotopic (exact) mass is 431 g/mol. The molecule has 1 saturated carbocycles. The van der Waals surface area contributed by atoms with Crippen LogP contribution in [-0.2, 0) is 0 Å². The summed E-state index contributed by atoms with van der Waals surface area (Å²) in [5, 5.41) is 3.47. The van der Waals surface area contributed by atoms with Crippen LogP contribution in [0.15, 0.2) is 53.5 Å². The van der Waals surface area contributed by atoms with Gasteiger partial charge in [0, 0.05) is 22.2 Å². The van der Waals surface area contributed by atoms with Gasteiger partial charge in [-0.05, 0) is 30.7 Å². The van der Waals surface area contributed by atoms with Gasteiger partial charge in [-0.2, -0.15) is 0 Å². The molecule has 3 N–H and O–H groups in total. The first-order valence-electron chi connectivity index (χ1n) is 6.74. The van der Waals surface area contributed by atoms with Crippen molar-refractivity contribution in [2.24, 2.45) is 10.7 Å². The molecule has 0 radical (unpaired) electrons. The zero-order chi connectivity index (χ0) is 14.8. The third kappa shape index (κ3) is 3.89. The van der Waals surface area contributed by atoms with Crippen LogP contribution in [0.5, 0.6) is 0 Å². The highest BCUT2D eigenvalue weighted by molar-refractivity contribution is 14.0. The van der Waals surface area contributed by atoms with Crippen molar-refractivity contribution in [2.75, 3.05) is 5.32 Å². The predicted octanol–water partition coefficient (Wildman–Crippen LogP) is 4.38. The lowest BCUT2D eigenvalue weighted by atomic mass is 10.1. The van der Waals surface area contributed by atoms with E-state index in [1.165, 1.54) is 6.07 Å². The Balaban J connectivity index is 0.00000176. The molecule has 116 valence electrons. The Morgan fingerprint density at radius 2 is 1.91 bits per heavy atom. The summed E-state index contributed by atoms with van der Waals surface area (Å²) in [6.07, 6.45) is 0.762. The maximum atomic E-state index is 13.8. The molecule has 2 aromatic rings. The van der Waals surface area contributed by atoms with Crippen LogP contribution in [0.25, 0.3) is 0 Å². The maximum absolute atomic E-state index is 13.8. The zero-order valence-electron chi connectivity index (χ0n) is 11.7. The molecule has 1 aliphatic rings. The number of halogens is 3. The molecule has 2 aromatic carbocycles. The second-order valence-corrected chi connectivity index (χ2v) is 5.46. The first-order chi connectivity index (χ1) is 10.1. The van der Waals surface area contributed by atoms with E-state index in [0.717, 1.165) is 12.1 Å². The van der Waals surface area contributed by atoms with Crippen LogP contribution in [-0.4, -0.2) is 12.0 Å². The third-order valence-electron chi connectivity index (χ3n) is 3.48. The molecule has 0 saturated heterocycles. The smallest absolute Gasteiger partial charge is 0.193 e. The van der Waals surface area contributed by atoms with Crippen LogP contribution in [0.4, 0.5) is 10.1 Å². The Kier molecular flexibility index (Phi) is 5.63. The number of anilines is 1. The van der Waals surface area contributed by atoms with Crippen LogP contribution in [0.2, 0.25) is 5.02 Å². The first-order valence-corrected chi connectivity index (χ1v) is 7.12. The van der Waals surface area contributed by atoms with E-state index in [4.69, 9.17) is 17.3 Å². The van der Waals surface area contributed by atoms with E-state index >= 15 is 0 Å². The lowest BCUT2D eigenvalue weighted by Gasteiger charge is -2.06. The topological polar surface area (TPSA) is 50.4 Å². The standard InChI is InChI=1S/C16H15ClFN3.HI/c17-12-7-4-8-13(18)15(12)11-9-14(11)21-16(19)20-10-5-2-1-3-6-10;/h1-8,11,14H,9H2,(H3,19,20,21);1H. The summed E-state index contributed by atoms with van der Waals surface area (Å²) in [6, 6.07) is 14.3. The molecule has 0 aliphatic heterocycles. The summed E-state index contributed by atoms with van der Waals surface area (Å²) in [7, 11) is 0. The van der Waals surface area contributed by atoms with E-state index in [1.54, 1.807) is 12.1 Å². The quantitative estimate of drug-likeness (QED) is 0.430. The van der Waals surface area contributed by atoms with Gasteiger partial charge in [0.25, 0.3) is 0 Å². The van der Waals surface area contributed by atoms with Crippen LogP contribution in [0, 0.1) is 5.82 Å². The van der Waals surface area contributed by atoms with Gasteiger partial charge in [0.1, 0.15) is 5.82 Å². The van der Waals surface area contributed by atoms with Crippen molar-refractivity contribution in [3.63, 3.8) is 0 Å². The highest BCUT2D eigenvalue weighted by Gasteiger charge is 2.41. The number of rotatable bonds is 3. The number of nitrogens with two attached hydrogens (primary N) is 1. The number of aliphatic imine (C=N–C) groups is 1. The van der Waals surface area contributed by atoms with Gasteiger partial charge < -0.3 is 11.1 Å². The fourth-order valence-corrected chi connectivity index (χ4v) is 2.68. The second kappa shape index (κ2) is 7.28. The molecule has 0 bridgehead atoms. The molecule has 3 rings (SSSR count). The summed E-state index contributed by atoms with van der Waals surface area (Å²) < 4.78 is 13.8. The van der Waals surface area contributed by atoms with Gasteiger partial charge in [-0.1, -0.05) is 35.9 Å². The number of hydrogen-bond donors (Lipinski definition) is 2. The second-order valence-electron chi connectivity index (χ2n) is 5.05. The Morgan fingerprint density at radius 1 is 1.18 bits per heavy atom. The van der Waals surface area contributed by atoms with Gasteiger partial charge in [-0.15, -0.1) is 24.0 Å². The summed E-state index contributed by atoms with van der Waals surface area (Å²) in [5.74, 6) is 0.0655. The molecule has 0 amide bonds. The van der Waals surface area contributed by atoms with Gasteiger partial charge in [-0.25, -0.2) is 9.38 Å². The minimum absolute atomic E-state index is 0. The van der Waals surface area contributed by atoms with Gasteiger partial charge in [0.05, 0.1) is 6.04 Å². The largest absolute Gasteiger partial charge is 0.370 e. The van der Waals surface area contributed by atoms with Crippen molar-refractivity contribution in [2.45, 2.75) is 18.4 Å². The SMILES string of the molecule is I.NC(=NC1CC1c1c(F)cccc1Cl)Nc1ccccc1. The average Bonchev–Trinajstić information content (AvgIpc) is 3.18. The minimum Gasteiger partial charge on any atom is -0.370 e. The van der Waals surface area contributed by atoms with Crippen molar-refractivity contribution in [1.82, 2.24) is 0 Å². The fraction of sp³-hybridized carbons (Fsp3) is 0.188. The van der Waals surface area contributed by atoms with Gasteiger partial charge in [0.15, 0.2) is 5.96 Å². The van der Waals surface area contributed by atoms with Crippen molar-refractivity contribution >= 4 is 47.2 Å². The molecule has 3 nitrogen and oxygen atoms in total. The minimum atomic E-state index is -0.278. The van der Waals surface area contributed by atoms with Gasteiger partial charge in [0.2, 0.25) is 0 Å². The lowest BCUT2D eigenvalue weighted by Crippen LogP contribution is -2.23. The molecule has 22 heavy (non-hydrogen) atoms. The van der Waals surface area contributed by atoms with Gasteiger partial charge in [-0.3, -0.25) is 0 Å². The Morgan fingerprint density at radius 3 is 2.59 bits per heavy atom. The fourth-order valence-electron chi connectivity index (χ4n) is 2.38. The molecular weight excluding hydrogens is 416 g/mol. The average molecular weight is 432 g/mol. The van der Waals surface area contributed by atoms with Crippen molar-refractivity contribution in [3.05, 3.63) is 64.9 Å². The molecule has 2 atom stereocenters. The number of hydrogen-bond acceptors (Lipinski definition) is 1. The van der Waals surface area contributed by atoms with E-state index in [0.29, 0.717) is 16.5 Å². The zero-order valence-corrected chi connectivity index (χ0v) is 14.8. The van der Waals surface area contributed by atoms with E-state index < -0.39 is 0 Å². The Labute approximate surface area is 150 Å². The first kappa shape index (κ1) is 17.0. The molecule has 6 heteroatoms. The van der Waals surface area contributed by atoms with Crippen LogP contribution < -0.4 is 11.1 Å². The van der Waals surface area contributed by atoms with Crippen molar-refractivity contribution in [1.29, 1.82) is 0 Å². The van der Waals surface area contributed by atoms with E-state index in [-0.39, 0.29) is 41.8 Å². The number of benzene rings is 2. The van der Waals surface area contributed by atoms with Crippen LogP contribution in [0.3, 0.4) is 0 Å². The number of nitrogens with one attached hydrogen (secondary N) is 1. The molecule has 1 aliphatic carbocycles. The summed E-state index contributed by atoms with van der Waals surface area (Å²) in [6.45, 7) is 0. The van der Waals surface area contributed by atoms with E-state index in [2.05, 4.69) is 10.3 Å². The molecular formula is C16H16ClFIN3. The Hall–Kier alpha value is -1.34. The summed E-state index contributed by atoms with van der Waals surface area (Å²) in [4.78, 5) is 4.38. The summed E-state index contributed by atoms with van der Waals surface area (Å²) in [5.41, 5.74) is 7.29. The lowest BCUT2D eigenvalue weighted by molar-refractivity contribution is 0.609. The third-order valence-corrected chi connectivity index (χ3v) is 3.81. The number of guanidine groups is 1. The van der Waals surface area contributed by atoms with Gasteiger partial charge >= 0.3 is 0 Å². The summed E-state index contributed by atoms with van der Waals surface area (Å²) >= 11 is 6.06. The van der Waals surface area contributed by atoms with E-state index in [1.807, 2.05) is 30.3 Å². The van der Waals surface area contributed by atoms with E-state index in [9.17, 15) is 4.39 Å². The molecule has 0 heterocycles. The maximum Gasteiger partial charge on any atom is 0.193 e. The normalized spacial score (nSPS) is 20.2. The molecule has 2 unspecified atom stereocenters. The van der Waals surface area contributed by atoms with Crippen molar-refractivity contribution < 1.29 is 4.39 Å². The molecule has 0 aromatic heterocycles. The van der Waals surface area contributed by atoms with Crippen molar-refractivity contribution in [3.8, 4) is 0 Å². The number of para-hydroxylation sites is 1. The predicted molar refractivity (Wildman–Crippen MR) is 99.7 cm³/mol. The Bertz CT molecular complexity index is 658. The number of nitrogens with zero attached hydrogens (tertiary/aromatic N) is 1.